The van der Waals surface area contributed by atoms with Crippen molar-refractivity contribution in [3.8, 4) is 0 Å². The minimum atomic E-state index is 0.194. The average Bonchev–Trinajstić information content (AvgIpc) is 3.15. The molecule has 1 atom stereocenters. The van der Waals surface area contributed by atoms with Crippen molar-refractivity contribution >= 4 is 50.2 Å². The standard InChI is InChI=1S/C17H20ClN3S2/c1-3-11(19)7-14-10(2)16-17(23-14)13(8-15(18)21-16)20-9-12-5-4-6-22-12/h4-6,8,11H,3,7,9,19H2,1-2H3,(H,20,21)/t11-/m0/s1. The number of nitrogens with two attached hydrogens (primary N) is 1. The summed E-state index contributed by atoms with van der Waals surface area (Å²) in [7, 11) is 0. The monoisotopic (exact) mass is 365 g/mol. The van der Waals surface area contributed by atoms with E-state index in [0.717, 1.165) is 30.6 Å². The summed E-state index contributed by atoms with van der Waals surface area (Å²) in [6.45, 7) is 5.03. The van der Waals surface area contributed by atoms with Gasteiger partial charge in [0.1, 0.15) is 5.15 Å². The summed E-state index contributed by atoms with van der Waals surface area (Å²) < 4.78 is 1.17. The topological polar surface area (TPSA) is 50.9 Å². The maximum Gasteiger partial charge on any atom is 0.131 e. The SMILES string of the molecule is CC[C@H](N)Cc1sc2c(NCc3cccs3)cc(Cl)nc2c1C. The molecule has 3 aromatic heterocycles. The highest BCUT2D eigenvalue weighted by atomic mass is 35.5. The smallest absolute Gasteiger partial charge is 0.131 e. The molecule has 0 radical (unpaired) electrons. The molecule has 0 unspecified atom stereocenters. The Morgan fingerprint density at radius 3 is 2.96 bits per heavy atom. The van der Waals surface area contributed by atoms with Crippen LogP contribution >= 0.6 is 34.3 Å². The Labute approximate surface area is 149 Å². The first-order valence-electron chi connectivity index (χ1n) is 7.68. The quantitative estimate of drug-likeness (QED) is 0.589. The number of hydrogen-bond acceptors (Lipinski definition) is 5. The third-order valence-corrected chi connectivity index (χ3v) is 6.35. The molecule has 0 aliphatic rings. The van der Waals surface area contributed by atoms with E-state index in [1.54, 1.807) is 22.7 Å². The van der Waals surface area contributed by atoms with Crippen LogP contribution in [0.3, 0.4) is 0 Å². The van der Waals surface area contributed by atoms with Crippen LogP contribution in [0.15, 0.2) is 23.6 Å². The summed E-state index contributed by atoms with van der Waals surface area (Å²) in [5, 5.41) is 6.12. The lowest BCUT2D eigenvalue weighted by Gasteiger charge is -2.07. The van der Waals surface area contributed by atoms with Gasteiger partial charge in [-0.25, -0.2) is 4.98 Å². The Balaban J connectivity index is 1.95. The predicted octanol–water partition coefficient (Wildman–Crippen LogP) is 5.21. The summed E-state index contributed by atoms with van der Waals surface area (Å²) in [6, 6.07) is 6.30. The Morgan fingerprint density at radius 1 is 1.43 bits per heavy atom. The summed E-state index contributed by atoms with van der Waals surface area (Å²) in [4.78, 5) is 7.14. The molecule has 0 spiro atoms. The minimum Gasteiger partial charge on any atom is -0.379 e. The van der Waals surface area contributed by atoms with Crippen LogP contribution in [0.5, 0.6) is 0 Å². The molecule has 3 rings (SSSR count). The molecule has 3 aromatic rings. The van der Waals surface area contributed by atoms with Crippen molar-refractivity contribution in [3.05, 3.63) is 44.1 Å². The first kappa shape index (κ1) is 16.7. The molecule has 3 nitrogen and oxygen atoms in total. The van der Waals surface area contributed by atoms with Gasteiger partial charge in [0.2, 0.25) is 0 Å². The maximum absolute atomic E-state index is 6.23. The molecule has 0 bridgehead atoms. The zero-order valence-electron chi connectivity index (χ0n) is 13.2. The lowest BCUT2D eigenvalue weighted by Crippen LogP contribution is -2.21. The molecular formula is C17H20ClN3S2. The van der Waals surface area contributed by atoms with Gasteiger partial charge in [-0.3, -0.25) is 0 Å². The Hall–Kier alpha value is -1.14. The van der Waals surface area contributed by atoms with Crippen LogP contribution < -0.4 is 11.1 Å². The summed E-state index contributed by atoms with van der Waals surface area (Å²) >= 11 is 9.76. The van der Waals surface area contributed by atoms with Gasteiger partial charge in [-0.05, 0) is 36.8 Å². The van der Waals surface area contributed by atoms with Crippen LogP contribution in [0.25, 0.3) is 10.2 Å². The van der Waals surface area contributed by atoms with E-state index in [4.69, 9.17) is 17.3 Å². The van der Waals surface area contributed by atoms with Gasteiger partial charge < -0.3 is 11.1 Å². The number of fused-ring (bicyclic) bond motifs is 1. The number of anilines is 1. The molecule has 0 aliphatic carbocycles. The van der Waals surface area contributed by atoms with Gasteiger partial charge >= 0.3 is 0 Å². The van der Waals surface area contributed by atoms with Crippen molar-refractivity contribution < 1.29 is 0 Å². The van der Waals surface area contributed by atoms with E-state index in [1.165, 1.54) is 20.0 Å². The molecule has 0 saturated carbocycles. The van der Waals surface area contributed by atoms with Gasteiger partial charge in [0.25, 0.3) is 0 Å². The van der Waals surface area contributed by atoms with E-state index in [2.05, 4.69) is 41.7 Å². The van der Waals surface area contributed by atoms with E-state index in [9.17, 15) is 0 Å². The van der Waals surface area contributed by atoms with Gasteiger partial charge in [-0.2, -0.15) is 0 Å². The fourth-order valence-electron chi connectivity index (χ4n) is 2.50. The predicted molar refractivity (Wildman–Crippen MR) is 103 cm³/mol. The Bertz CT molecular complexity index is 796. The van der Waals surface area contributed by atoms with E-state index in [-0.39, 0.29) is 6.04 Å². The maximum atomic E-state index is 6.23. The first-order valence-corrected chi connectivity index (χ1v) is 9.76. The summed E-state index contributed by atoms with van der Waals surface area (Å²) in [5.41, 5.74) is 9.39. The number of aromatic nitrogens is 1. The number of nitrogens with one attached hydrogen (secondary N) is 1. The average molecular weight is 366 g/mol. The molecule has 3 N–H and O–H groups in total. The zero-order valence-corrected chi connectivity index (χ0v) is 15.6. The summed E-state index contributed by atoms with van der Waals surface area (Å²) in [6.07, 6.45) is 1.87. The molecule has 0 aliphatic heterocycles. The minimum absolute atomic E-state index is 0.194. The summed E-state index contributed by atoms with van der Waals surface area (Å²) in [5.74, 6) is 0. The van der Waals surface area contributed by atoms with Crippen molar-refractivity contribution in [1.82, 2.24) is 4.98 Å². The van der Waals surface area contributed by atoms with Gasteiger partial charge in [0, 0.05) is 28.4 Å². The molecule has 122 valence electrons. The number of halogens is 1. The fourth-order valence-corrected chi connectivity index (χ4v) is 4.66. The molecule has 23 heavy (non-hydrogen) atoms. The van der Waals surface area contributed by atoms with Crippen molar-refractivity contribution in [1.29, 1.82) is 0 Å². The molecule has 0 aromatic carbocycles. The van der Waals surface area contributed by atoms with E-state index >= 15 is 0 Å². The fraction of sp³-hybridized carbons (Fsp3) is 0.353. The normalized spacial score (nSPS) is 12.7. The number of thiophene rings is 2. The van der Waals surface area contributed by atoms with Crippen molar-refractivity contribution in [2.75, 3.05) is 5.32 Å². The number of nitrogens with zero attached hydrogens (tertiary/aromatic N) is 1. The van der Waals surface area contributed by atoms with Gasteiger partial charge in [-0.15, -0.1) is 22.7 Å². The molecular weight excluding hydrogens is 346 g/mol. The molecule has 3 heterocycles. The van der Waals surface area contributed by atoms with Crippen LogP contribution in [0.4, 0.5) is 5.69 Å². The van der Waals surface area contributed by atoms with Gasteiger partial charge in [0.15, 0.2) is 0 Å². The van der Waals surface area contributed by atoms with Crippen LogP contribution in [0.2, 0.25) is 5.15 Å². The highest BCUT2D eigenvalue weighted by Gasteiger charge is 2.16. The van der Waals surface area contributed by atoms with Crippen molar-refractivity contribution in [2.45, 2.75) is 39.3 Å². The van der Waals surface area contributed by atoms with Gasteiger partial charge in [-0.1, -0.05) is 24.6 Å². The Kier molecular flexibility index (Phi) is 5.21. The first-order chi connectivity index (χ1) is 11.1. The third kappa shape index (κ3) is 3.69. The second-order valence-corrected chi connectivity index (χ2v) is 8.15. The van der Waals surface area contributed by atoms with Gasteiger partial charge in [0.05, 0.1) is 15.9 Å². The molecule has 0 saturated heterocycles. The molecule has 0 fully saturated rings. The number of pyridine rings is 1. The highest BCUT2D eigenvalue weighted by molar-refractivity contribution is 7.19. The van der Waals surface area contributed by atoms with E-state index < -0.39 is 0 Å². The highest BCUT2D eigenvalue weighted by Crippen LogP contribution is 2.37. The van der Waals surface area contributed by atoms with Crippen molar-refractivity contribution in [2.24, 2.45) is 5.73 Å². The van der Waals surface area contributed by atoms with E-state index in [0.29, 0.717) is 5.15 Å². The second-order valence-electron chi connectivity index (χ2n) is 5.63. The van der Waals surface area contributed by atoms with Crippen LogP contribution in [0.1, 0.15) is 28.7 Å². The van der Waals surface area contributed by atoms with Crippen LogP contribution in [-0.2, 0) is 13.0 Å². The lowest BCUT2D eigenvalue weighted by molar-refractivity contribution is 0.650. The molecule has 0 amide bonds. The molecule has 6 heteroatoms. The second kappa shape index (κ2) is 7.18. The van der Waals surface area contributed by atoms with Crippen LogP contribution in [-0.4, -0.2) is 11.0 Å². The van der Waals surface area contributed by atoms with Crippen LogP contribution in [0, 0.1) is 6.92 Å². The van der Waals surface area contributed by atoms with Crippen molar-refractivity contribution in [3.63, 3.8) is 0 Å². The zero-order chi connectivity index (χ0) is 16.4. The third-order valence-electron chi connectivity index (χ3n) is 3.95. The number of rotatable bonds is 6. The Morgan fingerprint density at radius 2 is 2.26 bits per heavy atom. The van der Waals surface area contributed by atoms with E-state index in [1.807, 2.05) is 6.07 Å². The largest absolute Gasteiger partial charge is 0.379 e. The lowest BCUT2D eigenvalue weighted by atomic mass is 10.1. The number of aryl methyl sites for hydroxylation is 1. The number of hydrogen-bond donors (Lipinski definition) is 2.